The first kappa shape index (κ1) is 20.4. The lowest BCUT2D eigenvalue weighted by Gasteiger charge is -2.14. The van der Waals surface area contributed by atoms with Crippen LogP contribution < -0.4 is 15.4 Å². The summed E-state index contributed by atoms with van der Waals surface area (Å²) in [5.41, 5.74) is 2.78. The van der Waals surface area contributed by atoms with Gasteiger partial charge in [0.2, 0.25) is 0 Å². The molecule has 0 saturated carbocycles. The zero-order valence-electron chi connectivity index (χ0n) is 17.1. The number of benzene rings is 2. The molecule has 0 radical (unpaired) electrons. The summed E-state index contributed by atoms with van der Waals surface area (Å²) in [6.45, 7) is 6.11. The number of hydrogen-bond donors (Lipinski definition) is 3. The molecule has 2 aromatic carbocycles. The van der Waals surface area contributed by atoms with Crippen molar-refractivity contribution < 1.29 is 14.6 Å². The lowest BCUT2D eigenvalue weighted by Crippen LogP contribution is -2.21. The fourth-order valence-electron chi connectivity index (χ4n) is 2.80. The molecule has 3 aromatic rings. The summed E-state index contributed by atoms with van der Waals surface area (Å²) in [5, 5.41) is 19.8. The van der Waals surface area contributed by atoms with E-state index in [4.69, 9.17) is 4.74 Å². The van der Waals surface area contributed by atoms with Crippen LogP contribution in [0, 0.1) is 0 Å². The van der Waals surface area contributed by atoms with Crippen molar-refractivity contribution in [2.75, 3.05) is 17.7 Å². The Morgan fingerprint density at radius 2 is 1.86 bits per heavy atom. The minimum atomic E-state index is -0.391. The van der Waals surface area contributed by atoms with Crippen LogP contribution in [0.2, 0.25) is 0 Å². The van der Waals surface area contributed by atoms with Crippen molar-refractivity contribution in [1.29, 1.82) is 0 Å². The van der Waals surface area contributed by atoms with Crippen LogP contribution in [0.4, 0.5) is 16.3 Å². The van der Waals surface area contributed by atoms with Gasteiger partial charge in [0.15, 0.2) is 0 Å². The van der Waals surface area contributed by atoms with Crippen LogP contribution in [0.5, 0.6) is 5.75 Å². The number of urea groups is 1. The van der Waals surface area contributed by atoms with E-state index >= 15 is 0 Å². The molecule has 0 aliphatic rings. The molecule has 0 spiro atoms. The van der Waals surface area contributed by atoms with Gasteiger partial charge in [0.05, 0.1) is 25.1 Å². The van der Waals surface area contributed by atoms with Gasteiger partial charge in [-0.3, -0.25) is 5.32 Å². The molecule has 152 valence electrons. The molecular weight excluding hydrogens is 368 g/mol. The number of anilines is 2. The minimum absolute atomic E-state index is 0.0691. The summed E-state index contributed by atoms with van der Waals surface area (Å²) >= 11 is 0. The molecule has 3 rings (SSSR count). The number of aromatic nitrogens is 2. The number of carbonyl (C=O) groups is 1. The van der Waals surface area contributed by atoms with Gasteiger partial charge in [-0.05, 0) is 29.8 Å². The van der Waals surface area contributed by atoms with Crippen molar-refractivity contribution in [3.63, 3.8) is 0 Å². The highest BCUT2D eigenvalue weighted by Gasteiger charge is 2.21. The molecule has 0 saturated heterocycles. The first-order chi connectivity index (χ1) is 13.8. The van der Waals surface area contributed by atoms with Gasteiger partial charge in [-0.1, -0.05) is 39.0 Å². The van der Waals surface area contributed by atoms with E-state index in [9.17, 15) is 9.90 Å². The summed E-state index contributed by atoms with van der Waals surface area (Å²) in [6, 6.07) is 16.0. The van der Waals surface area contributed by atoms with Crippen LogP contribution in [-0.2, 0) is 12.0 Å². The number of amides is 2. The maximum atomic E-state index is 12.6. The van der Waals surface area contributed by atoms with Gasteiger partial charge in [-0.25, -0.2) is 9.48 Å². The van der Waals surface area contributed by atoms with E-state index in [0.717, 1.165) is 16.9 Å². The molecule has 7 nitrogen and oxygen atoms in total. The predicted molar refractivity (Wildman–Crippen MR) is 114 cm³/mol. The Kier molecular flexibility index (Phi) is 5.89. The van der Waals surface area contributed by atoms with E-state index in [-0.39, 0.29) is 12.0 Å². The second-order valence-corrected chi connectivity index (χ2v) is 7.72. The van der Waals surface area contributed by atoms with E-state index in [2.05, 4.69) is 36.5 Å². The van der Waals surface area contributed by atoms with Crippen molar-refractivity contribution in [3.05, 3.63) is 65.9 Å². The smallest absolute Gasteiger partial charge is 0.324 e. The van der Waals surface area contributed by atoms with Crippen molar-refractivity contribution in [2.45, 2.75) is 32.8 Å². The second kappa shape index (κ2) is 8.36. The number of hydrogen-bond acceptors (Lipinski definition) is 4. The van der Waals surface area contributed by atoms with Crippen LogP contribution in [-0.4, -0.2) is 28.0 Å². The molecular formula is C22H26N4O3. The van der Waals surface area contributed by atoms with E-state index in [1.54, 1.807) is 30.0 Å². The Labute approximate surface area is 170 Å². The SMILES string of the molecule is COc1cccc(NC(=O)Nc2cc(C(C)(C)C)nn2-c2cccc(CO)c2)c1. The van der Waals surface area contributed by atoms with E-state index in [0.29, 0.717) is 17.3 Å². The molecule has 0 bridgehead atoms. The van der Waals surface area contributed by atoms with E-state index in [1.165, 1.54) is 0 Å². The van der Waals surface area contributed by atoms with Gasteiger partial charge < -0.3 is 15.2 Å². The molecule has 0 atom stereocenters. The zero-order valence-corrected chi connectivity index (χ0v) is 17.1. The average molecular weight is 394 g/mol. The molecule has 1 aromatic heterocycles. The van der Waals surface area contributed by atoms with Gasteiger partial charge in [0.25, 0.3) is 0 Å². The third kappa shape index (κ3) is 4.94. The topological polar surface area (TPSA) is 88.4 Å². The number of methoxy groups -OCH3 is 1. The van der Waals surface area contributed by atoms with Crippen molar-refractivity contribution >= 4 is 17.5 Å². The summed E-state index contributed by atoms with van der Waals surface area (Å²) < 4.78 is 6.86. The molecule has 0 unspecified atom stereocenters. The molecule has 0 aliphatic carbocycles. The van der Waals surface area contributed by atoms with Gasteiger partial charge in [-0.2, -0.15) is 5.10 Å². The monoisotopic (exact) mass is 394 g/mol. The lowest BCUT2D eigenvalue weighted by molar-refractivity contribution is 0.262. The maximum Gasteiger partial charge on any atom is 0.324 e. The Hall–Kier alpha value is -3.32. The number of nitrogens with one attached hydrogen (secondary N) is 2. The first-order valence-corrected chi connectivity index (χ1v) is 9.33. The fourth-order valence-corrected chi connectivity index (χ4v) is 2.80. The average Bonchev–Trinajstić information content (AvgIpc) is 3.12. The molecule has 2 amide bonds. The summed E-state index contributed by atoms with van der Waals surface area (Å²) in [6.07, 6.45) is 0. The highest BCUT2D eigenvalue weighted by Crippen LogP contribution is 2.27. The number of aliphatic hydroxyl groups excluding tert-OH is 1. The molecule has 7 heteroatoms. The Bertz CT molecular complexity index is 1010. The Morgan fingerprint density at radius 1 is 1.10 bits per heavy atom. The van der Waals surface area contributed by atoms with Gasteiger partial charge in [-0.15, -0.1) is 0 Å². The van der Waals surface area contributed by atoms with Crippen molar-refractivity contribution in [1.82, 2.24) is 9.78 Å². The van der Waals surface area contributed by atoms with E-state index in [1.807, 2.05) is 36.4 Å². The number of ether oxygens (including phenoxy) is 1. The fraction of sp³-hybridized carbons (Fsp3) is 0.273. The standard InChI is InChI=1S/C22H26N4O3/c1-22(2,3)19-13-20(26(25-19)17-9-5-7-15(11-17)14-27)24-21(28)23-16-8-6-10-18(12-16)29-4/h5-13,27H,14H2,1-4H3,(H2,23,24,28). The number of carbonyl (C=O) groups excluding carboxylic acids is 1. The quantitative estimate of drug-likeness (QED) is 0.601. The number of nitrogens with zero attached hydrogens (tertiary/aromatic N) is 2. The van der Waals surface area contributed by atoms with Gasteiger partial charge in [0, 0.05) is 23.2 Å². The highest BCUT2D eigenvalue weighted by atomic mass is 16.5. The van der Waals surface area contributed by atoms with Crippen LogP contribution in [0.15, 0.2) is 54.6 Å². The molecule has 0 aliphatic heterocycles. The Balaban J connectivity index is 1.90. The summed E-state index contributed by atoms with van der Waals surface area (Å²) in [7, 11) is 1.58. The highest BCUT2D eigenvalue weighted by molar-refractivity contribution is 5.99. The number of rotatable bonds is 5. The van der Waals surface area contributed by atoms with Crippen LogP contribution >= 0.6 is 0 Å². The minimum Gasteiger partial charge on any atom is -0.497 e. The maximum absolute atomic E-state index is 12.6. The second-order valence-electron chi connectivity index (χ2n) is 7.72. The summed E-state index contributed by atoms with van der Waals surface area (Å²) in [5.74, 6) is 1.19. The third-order valence-corrected chi connectivity index (χ3v) is 4.38. The largest absolute Gasteiger partial charge is 0.497 e. The molecule has 0 fully saturated rings. The Morgan fingerprint density at radius 3 is 2.55 bits per heavy atom. The first-order valence-electron chi connectivity index (χ1n) is 9.33. The molecule has 1 heterocycles. The lowest BCUT2D eigenvalue weighted by atomic mass is 9.92. The van der Waals surface area contributed by atoms with Crippen molar-refractivity contribution in [3.8, 4) is 11.4 Å². The van der Waals surface area contributed by atoms with Gasteiger partial charge in [0.1, 0.15) is 11.6 Å². The van der Waals surface area contributed by atoms with E-state index < -0.39 is 6.03 Å². The molecule has 3 N–H and O–H groups in total. The van der Waals surface area contributed by atoms with Crippen LogP contribution in [0.1, 0.15) is 32.0 Å². The van der Waals surface area contributed by atoms with Crippen LogP contribution in [0.25, 0.3) is 5.69 Å². The zero-order chi connectivity index (χ0) is 21.0. The summed E-state index contributed by atoms with van der Waals surface area (Å²) in [4.78, 5) is 12.6. The van der Waals surface area contributed by atoms with Gasteiger partial charge >= 0.3 is 6.03 Å². The normalized spacial score (nSPS) is 11.2. The van der Waals surface area contributed by atoms with Crippen LogP contribution in [0.3, 0.4) is 0 Å². The number of aliphatic hydroxyl groups is 1. The molecule has 29 heavy (non-hydrogen) atoms. The van der Waals surface area contributed by atoms with Crippen molar-refractivity contribution in [2.24, 2.45) is 0 Å². The predicted octanol–water partition coefficient (Wildman–Crippen LogP) is 4.31. The third-order valence-electron chi connectivity index (χ3n) is 4.38.